The van der Waals surface area contributed by atoms with E-state index in [2.05, 4.69) is 5.32 Å². The zero-order valence-corrected chi connectivity index (χ0v) is 14.3. The molecule has 1 aromatic carbocycles. The smallest absolute Gasteiger partial charge is 0.341 e. The van der Waals surface area contributed by atoms with Crippen LogP contribution in [-0.2, 0) is 17.9 Å². The van der Waals surface area contributed by atoms with Crippen LogP contribution in [0.1, 0.15) is 25.3 Å². The SMILES string of the molecule is CC(NCCCCn1sc(=O)n(Cc2ccccc2)c1=O)C(=O)O. The first-order chi connectivity index (χ1) is 11.5. The first kappa shape index (κ1) is 18.2. The molecular formula is C16H21N3O4S. The van der Waals surface area contributed by atoms with E-state index in [1.165, 1.54) is 8.52 Å². The zero-order valence-electron chi connectivity index (χ0n) is 13.5. The standard InChI is InChI=1S/C16H21N3O4S/c1-12(14(20)21)17-9-5-6-10-19-15(22)18(16(23)24-19)11-13-7-3-2-4-8-13/h2-4,7-8,12,17H,5-6,9-11H2,1H3,(H,20,21). The molecule has 2 aromatic rings. The fourth-order valence-corrected chi connectivity index (χ4v) is 3.05. The maximum Gasteiger partial charge on any atom is 0.341 e. The van der Waals surface area contributed by atoms with E-state index >= 15 is 0 Å². The first-order valence-corrected chi connectivity index (χ1v) is 8.57. The van der Waals surface area contributed by atoms with Crippen molar-refractivity contribution in [2.45, 2.75) is 38.9 Å². The maximum absolute atomic E-state index is 12.3. The molecule has 0 radical (unpaired) electrons. The summed E-state index contributed by atoms with van der Waals surface area (Å²) >= 11 is 0.927. The van der Waals surface area contributed by atoms with Crippen molar-refractivity contribution >= 4 is 17.5 Å². The lowest BCUT2D eigenvalue weighted by atomic mass is 10.2. The second-order valence-corrected chi connectivity index (χ2v) is 6.51. The van der Waals surface area contributed by atoms with E-state index in [0.29, 0.717) is 19.5 Å². The van der Waals surface area contributed by atoms with Gasteiger partial charge in [0.15, 0.2) is 0 Å². The average Bonchev–Trinajstić information content (AvgIpc) is 2.83. The molecule has 1 unspecified atom stereocenters. The topological polar surface area (TPSA) is 93.3 Å². The number of nitrogens with one attached hydrogen (secondary N) is 1. The molecule has 2 N–H and O–H groups in total. The summed E-state index contributed by atoms with van der Waals surface area (Å²) in [5, 5.41) is 11.6. The third-order valence-corrected chi connectivity index (χ3v) is 4.58. The summed E-state index contributed by atoms with van der Waals surface area (Å²) < 4.78 is 2.71. The third-order valence-electron chi connectivity index (χ3n) is 3.65. The Kier molecular flexibility index (Phi) is 6.51. The highest BCUT2D eigenvalue weighted by molar-refractivity contribution is 7.03. The Balaban J connectivity index is 1.89. The van der Waals surface area contributed by atoms with Crippen LogP contribution in [0.15, 0.2) is 39.9 Å². The molecule has 130 valence electrons. The minimum Gasteiger partial charge on any atom is -0.480 e. The molecule has 0 bridgehead atoms. The summed E-state index contributed by atoms with van der Waals surface area (Å²) in [6.45, 7) is 2.88. The van der Waals surface area contributed by atoms with Crippen molar-refractivity contribution in [1.29, 1.82) is 0 Å². The predicted molar refractivity (Wildman–Crippen MR) is 92.7 cm³/mol. The fraction of sp³-hybridized carbons (Fsp3) is 0.438. The largest absolute Gasteiger partial charge is 0.480 e. The van der Waals surface area contributed by atoms with Gasteiger partial charge in [-0.05, 0) is 31.9 Å². The van der Waals surface area contributed by atoms with E-state index in [4.69, 9.17) is 5.11 Å². The molecule has 0 saturated heterocycles. The molecule has 0 aliphatic carbocycles. The molecule has 7 nitrogen and oxygen atoms in total. The third kappa shape index (κ3) is 4.90. The molecule has 8 heteroatoms. The highest BCUT2D eigenvalue weighted by Crippen LogP contribution is 2.01. The summed E-state index contributed by atoms with van der Waals surface area (Å²) in [6.07, 6.45) is 1.43. The molecular weight excluding hydrogens is 330 g/mol. The number of aromatic nitrogens is 2. The van der Waals surface area contributed by atoms with Crippen LogP contribution in [0, 0.1) is 0 Å². The van der Waals surface area contributed by atoms with Gasteiger partial charge in [0.05, 0.1) is 6.54 Å². The molecule has 2 rings (SSSR count). The van der Waals surface area contributed by atoms with Gasteiger partial charge < -0.3 is 10.4 Å². The van der Waals surface area contributed by atoms with Crippen molar-refractivity contribution in [3.63, 3.8) is 0 Å². The van der Waals surface area contributed by atoms with Crippen molar-refractivity contribution in [3.05, 3.63) is 56.0 Å². The van der Waals surface area contributed by atoms with E-state index < -0.39 is 12.0 Å². The van der Waals surface area contributed by atoms with Crippen molar-refractivity contribution in [2.75, 3.05) is 6.54 Å². The van der Waals surface area contributed by atoms with E-state index in [1.807, 2.05) is 30.3 Å². The Labute approximate surface area is 143 Å². The van der Waals surface area contributed by atoms with Crippen LogP contribution in [0.2, 0.25) is 0 Å². The number of aliphatic carboxylic acids is 1. The van der Waals surface area contributed by atoms with Gasteiger partial charge in [-0.1, -0.05) is 30.3 Å². The average molecular weight is 351 g/mol. The van der Waals surface area contributed by atoms with Crippen molar-refractivity contribution in [3.8, 4) is 0 Å². The summed E-state index contributed by atoms with van der Waals surface area (Å²) in [5.41, 5.74) is 0.620. The minimum absolute atomic E-state index is 0.263. The lowest BCUT2D eigenvalue weighted by Gasteiger charge is -2.08. The van der Waals surface area contributed by atoms with Gasteiger partial charge in [0.2, 0.25) is 0 Å². The van der Waals surface area contributed by atoms with Gasteiger partial charge in [-0.2, -0.15) is 0 Å². The molecule has 0 aliphatic heterocycles. The lowest BCUT2D eigenvalue weighted by molar-refractivity contribution is -0.138. The van der Waals surface area contributed by atoms with Crippen LogP contribution < -0.4 is 15.9 Å². The van der Waals surface area contributed by atoms with Gasteiger partial charge >= 0.3 is 16.5 Å². The van der Waals surface area contributed by atoms with E-state index in [1.54, 1.807) is 6.92 Å². The molecule has 0 spiro atoms. The Morgan fingerprint density at radius 1 is 1.25 bits per heavy atom. The Morgan fingerprint density at radius 2 is 1.96 bits per heavy atom. The molecule has 1 atom stereocenters. The number of carbonyl (C=O) groups is 1. The summed E-state index contributed by atoms with van der Waals surface area (Å²) in [4.78, 5) is 34.7. The van der Waals surface area contributed by atoms with E-state index in [9.17, 15) is 14.4 Å². The summed E-state index contributed by atoms with van der Waals surface area (Å²) in [5.74, 6) is -0.887. The van der Waals surface area contributed by atoms with Gasteiger partial charge in [0.1, 0.15) is 6.04 Å². The van der Waals surface area contributed by atoms with Crippen LogP contribution in [0.3, 0.4) is 0 Å². The highest BCUT2D eigenvalue weighted by Gasteiger charge is 2.11. The van der Waals surface area contributed by atoms with Gasteiger partial charge in [0, 0.05) is 18.1 Å². The second kappa shape index (κ2) is 8.60. The van der Waals surface area contributed by atoms with Gasteiger partial charge in [-0.25, -0.2) is 13.3 Å². The fourth-order valence-electron chi connectivity index (χ4n) is 2.22. The van der Waals surface area contributed by atoms with Gasteiger partial charge in [-0.3, -0.25) is 9.59 Å². The molecule has 0 saturated carbocycles. The number of rotatable bonds is 9. The highest BCUT2D eigenvalue weighted by atomic mass is 32.1. The number of nitrogens with zero attached hydrogens (tertiary/aromatic N) is 2. The molecule has 24 heavy (non-hydrogen) atoms. The number of unbranched alkanes of at least 4 members (excludes halogenated alkanes) is 1. The molecule has 1 heterocycles. The molecule has 1 aromatic heterocycles. The van der Waals surface area contributed by atoms with E-state index in [-0.39, 0.29) is 17.1 Å². The Morgan fingerprint density at radius 3 is 2.62 bits per heavy atom. The van der Waals surface area contributed by atoms with Gasteiger partial charge in [0.25, 0.3) is 0 Å². The summed E-state index contributed by atoms with van der Waals surface area (Å²) in [7, 11) is 0. The predicted octanol–water partition coefficient (Wildman–Crippen LogP) is 0.963. The maximum atomic E-state index is 12.3. The van der Waals surface area contributed by atoms with E-state index in [0.717, 1.165) is 23.5 Å². The molecule has 0 aliphatic rings. The van der Waals surface area contributed by atoms with Crippen LogP contribution in [0.4, 0.5) is 0 Å². The van der Waals surface area contributed by atoms with Gasteiger partial charge in [-0.15, -0.1) is 0 Å². The first-order valence-electron chi connectivity index (χ1n) is 7.80. The van der Waals surface area contributed by atoms with Crippen LogP contribution in [-0.4, -0.2) is 32.2 Å². The number of hydrogen-bond donors (Lipinski definition) is 2. The van der Waals surface area contributed by atoms with Crippen LogP contribution in [0.5, 0.6) is 0 Å². The van der Waals surface area contributed by atoms with Crippen LogP contribution in [0.25, 0.3) is 0 Å². The zero-order chi connectivity index (χ0) is 17.5. The number of carboxylic acids is 1. The molecule has 0 amide bonds. The lowest BCUT2D eigenvalue weighted by Crippen LogP contribution is -2.34. The van der Waals surface area contributed by atoms with Crippen molar-refractivity contribution in [2.24, 2.45) is 0 Å². The quantitative estimate of drug-likeness (QED) is 0.657. The van der Waals surface area contributed by atoms with Crippen molar-refractivity contribution in [1.82, 2.24) is 13.8 Å². The van der Waals surface area contributed by atoms with Crippen molar-refractivity contribution < 1.29 is 9.90 Å². The van der Waals surface area contributed by atoms with Crippen LogP contribution >= 0.6 is 11.5 Å². The minimum atomic E-state index is -0.887. The monoisotopic (exact) mass is 351 g/mol. The number of hydrogen-bond acceptors (Lipinski definition) is 5. The number of benzene rings is 1. The second-order valence-electron chi connectivity index (χ2n) is 5.53. The number of aryl methyl sites for hydroxylation is 1. The summed E-state index contributed by atoms with van der Waals surface area (Å²) in [6, 6.07) is 8.80. The Bertz CT molecular complexity index is 779. The number of carboxylic acid groups (broad SMARTS) is 1. The normalized spacial score (nSPS) is 12.2. The molecule has 0 fully saturated rings. The Hall–Kier alpha value is -2.19.